The first-order valence-electron chi connectivity index (χ1n) is 5.26. The smallest absolute Gasteiger partial charge is 0.162 e. The van der Waals surface area contributed by atoms with E-state index in [4.69, 9.17) is 19.3 Å². The summed E-state index contributed by atoms with van der Waals surface area (Å²) in [4.78, 5) is 0. The molecule has 0 bridgehead atoms. The quantitative estimate of drug-likeness (QED) is 0.633. The van der Waals surface area contributed by atoms with E-state index >= 15 is 0 Å². The van der Waals surface area contributed by atoms with Crippen LogP contribution >= 0.6 is 0 Å². The molecule has 2 saturated heterocycles. The topological polar surface area (TPSA) is 68.2 Å². The Balaban J connectivity index is 2.09. The summed E-state index contributed by atoms with van der Waals surface area (Å²) < 4.78 is 16.3. The Morgan fingerprint density at radius 2 is 1.80 bits per heavy atom. The Kier molecular flexibility index (Phi) is 3.00. The van der Waals surface area contributed by atoms with Crippen molar-refractivity contribution in [3.8, 4) is 0 Å². The second-order valence-electron chi connectivity index (χ2n) is 4.60. The Morgan fingerprint density at radius 3 is 2.40 bits per heavy atom. The zero-order chi connectivity index (χ0) is 11.1. The van der Waals surface area contributed by atoms with Gasteiger partial charge in [-0.05, 0) is 13.8 Å². The monoisotopic (exact) mass is 218 g/mol. The molecule has 0 aromatic rings. The summed E-state index contributed by atoms with van der Waals surface area (Å²) in [5.74, 6) is -0.722. The molecule has 5 nitrogen and oxygen atoms in total. The van der Waals surface area contributed by atoms with Crippen LogP contribution in [0.4, 0.5) is 0 Å². The van der Waals surface area contributed by atoms with E-state index in [0.29, 0.717) is 13.2 Å². The predicted molar refractivity (Wildman–Crippen MR) is 50.9 cm³/mol. The number of hydrogen-bond donors (Lipinski definition) is 2. The minimum absolute atomic E-state index is 0.00627. The van der Waals surface area contributed by atoms with Crippen molar-refractivity contribution in [2.45, 2.75) is 32.0 Å². The van der Waals surface area contributed by atoms with Crippen molar-refractivity contribution in [2.75, 3.05) is 19.8 Å². The largest absolute Gasteiger partial charge is 0.394 e. The molecule has 0 spiro atoms. The van der Waals surface area contributed by atoms with E-state index < -0.39 is 12.1 Å². The molecule has 2 aliphatic rings. The van der Waals surface area contributed by atoms with Crippen molar-refractivity contribution >= 4 is 0 Å². The molecule has 0 amide bonds. The van der Waals surface area contributed by atoms with Crippen molar-refractivity contribution in [3.05, 3.63) is 0 Å². The van der Waals surface area contributed by atoms with Crippen LogP contribution in [0.25, 0.3) is 0 Å². The second-order valence-corrected chi connectivity index (χ2v) is 4.60. The van der Waals surface area contributed by atoms with Crippen molar-refractivity contribution in [2.24, 2.45) is 11.8 Å². The van der Waals surface area contributed by atoms with Crippen LogP contribution in [-0.4, -0.2) is 48.2 Å². The molecule has 2 heterocycles. The van der Waals surface area contributed by atoms with Crippen LogP contribution in [0.3, 0.4) is 0 Å². The first-order valence-corrected chi connectivity index (χ1v) is 5.26. The fourth-order valence-electron chi connectivity index (χ4n) is 2.12. The van der Waals surface area contributed by atoms with Gasteiger partial charge in [-0.1, -0.05) is 0 Å². The summed E-state index contributed by atoms with van der Waals surface area (Å²) in [6.45, 7) is 4.43. The molecule has 4 atom stereocenters. The fraction of sp³-hybridized carbons (Fsp3) is 1.00. The van der Waals surface area contributed by atoms with E-state index in [-0.39, 0.29) is 24.5 Å². The Bertz CT molecular complexity index is 230. The summed E-state index contributed by atoms with van der Waals surface area (Å²) in [5, 5.41) is 18.8. The van der Waals surface area contributed by atoms with Crippen LogP contribution in [0.5, 0.6) is 0 Å². The molecular formula is C10H18O5. The van der Waals surface area contributed by atoms with Gasteiger partial charge in [-0.2, -0.15) is 0 Å². The fourth-order valence-corrected chi connectivity index (χ4v) is 2.12. The maximum absolute atomic E-state index is 9.65. The average Bonchev–Trinajstić information content (AvgIpc) is 2.38. The highest BCUT2D eigenvalue weighted by molar-refractivity contribution is 4.87. The lowest BCUT2D eigenvalue weighted by molar-refractivity contribution is -0.217. The lowest BCUT2D eigenvalue weighted by Crippen LogP contribution is -2.30. The van der Waals surface area contributed by atoms with Gasteiger partial charge in [0.05, 0.1) is 25.9 Å². The summed E-state index contributed by atoms with van der Waals surface area (Å²) in [7, 11) is 0. The van der Waals surface area contributed by atoms with E-state index in [2.05, 4.69) is 0 Å². The van der Waals surface area contributed by atoms with Gasteiger partial charge in [0.25, 0.3) is 0 Å². The van der Waals surface area contributed by atoms with Crippen LogP contribution in [-0.2, 0) is 14.2 Å². The molecule has 15 heavy (non-hydrogen) atoms. The standard InChI is InChI=1S/C10H18O5/c1-10(2)13-4-6-7(5-14-10)9(12)15-8(6)3-11/h6-9,11-12H,3-5H2,1-2H3/t6-,7?,8+,9+/m0/s1. The molecule has 5 heteroatoms. The van der Waals surface area contributed by atoms with Crippen molar-refractivity contribution in [3.63, 3.8) is 0 Å². The minimum Gasteiger partial charge on any atom is -0.394 e. The first kappa shape index (κ1) is 11.3. The van der Waals surface area contributed by atoms with Crippen LogP contribution in [0.15, 0.2) is 0 Å². The maximum Gasteiger partial charge on any atom is 0.162 e. The normalized spacial score (nSPS) is 44.8. The summed E-state index contributed by atoms with van der Waals surface area (Å²) in [6, 6.07) is 0. The van der Waals surface area contributed by atoms with Gasteiger partial charge in [-0.25, -0.2) is 0 Å². The molecule has 2 N–H and O–H groups in total. The maximum atomic E-state index is 9.65. The van der Waals surface area contributed by atoms with Crippen molar-refractivity contribution in [1.29, 1.82) is 0 Å². The van der Waals surface area contributed by atoms with Gasteiger partial charge < -0.3 is 24.4 Å². The molecule has 0 saturated carbocycles. The van der Waals surface area contributed by atoms with Gasteiger partial charge in [-0.3, -0.25) is 0 Å². The van der Waals surface area contributed by atoms with E-state index in [1.165, 1.54) is 0 Å². The zero-order valence-corrected chi connectivity index (χ0v) is 9.05. The van der Waals surface area contributed by atoms with Gasteiger partial charge in [0.15, 0.2) is 12.1 Å². The van der Waals surface area contributed by atoms with Crippen LogP contribution in [0, 0.1) is 11.8 Å². The zero-order valence-electron chi connectivity index (χ0n) is 9.05. The summed E-state index contributed by atoms with van der Waals surface area (Å²) >= 11 is 0. The number of aliphatic hydroxyl groups is 2. The number of rotatable bonds is 1. The molecule has 2 rings (SSSR count). The Labute approximate surface area is 88.9 Å². The highest BCUT2D eigenvalue weighted by Gasteiger charge is 2.46. The minimum atomic E-state index is -0.857. The number of hydrogen-bond acceptors (Lipinski definition) is 5. The van der Waals surface area contributed by atoms with Crippen LogP contribution < -0.4 is 0 Å². The van der Waals surface area contributed by atoms with Crippen molar-refractivity contribution in [1.82, 2.24) is 0 Å². The number of fused-ring (bicyclic) bond motifs is 1. The van der Waals surface area contributed by atoms with Gasteiger partial charge in [0.1, 0.15) is 0 Å². The Morgan fingerprint density at radius 1 is 1.20 bits per heavy atom. The molecule has 88 valence electrons. The molecule has 0 aromatic heterocycles. The molecule has 2 fully saturated rings. The predicted octanol–water partition coefficient (Wildman–Crippen LogP) is -0.289. The van der Waals surface area contributed by atoms with Gasteiger partial charge in [-0.15, -0.1) is 0 Å². The second kappa shape index (κ2) is 3.99. The van der Waals surface area contributed by atoms with Crippen molar-refractivity contribution < 1.29 is 24.4 Å². The van der Waals surface area contributed by atoms with E-state index in [1.807, 2.05) is 13.8 Å². The van der Waals surface area contributed by atoms with Gasteiger partial charge in [0.2, 0.25) is 0 Å². The third kappa shape index (κ3) is 2.16. The highest BCUT2D eigenvalue weighted by Crippen LogP contribution is 2.36. The number of ether oxygens (including phenoxy) is 3. The molecule has 2 aliphatic heterocycles. The van der Waals surface area contributed by atoms with Gasteiger partial charge >= 0.3 is 0 Å². The third-order valence-electron chi connectivity index (χ3n) is 3.13. The summed E-state index contributed by atoms with van der Waals surface area (Å²) in [5.41, 5.74) is 0. The first-order chi connectivity index (χ1) is 7.03. The van der Waals surface area contributed by atoms with E-state index in [1.54, 1.807) is 0 Å². The average molecular weight is 218 g/mol. The Hall–Kier alpha value is -0.200. The summed E-state index contributed by atoms with van der Waals surface area (Å²) in [6.07, 6.45) is -1.20. The molecular weight excluding hydrogens is 200 g/mol. The lowest BCUT2D eigenvalue weighted by Gasteiger charge is -2.24. The highest BCUT2D eigenvalue weighted by atomic mass is 16.7. The molecule has 0 radical (unpaired) electrons. The van der Waals surface area contributed by atoms with E-state index in [9.17, 15) is 5.11 Å². The van der Waals surface area contributed by atoms with Gasteiger partial charge in [0, 0.05) is 11.8 Å². The van der Waals surface area contributed by atoms with Crippen LogP contribution in [0.1, 0.15) is 13.8 Å². The van der Waals surface area contributed by atoms with Crippen LogP contribution in [0.2, 0.25) is 0 Å². The number of aliphatic hydroxyl groups excluding tert-OH is 2. The lowest BCUT2D eigenvalue weighted by atomic mass is 9.92. The SMILES string of the molecule is CC1(C)OCC2[C@H](O)O[C@H](CO)[C@H]2CO1. The van der Waals surface area contributed by atoms with E-state index in [0.717, 1.165) is 0 Å². The molecule has 0 aliphatic carbocycles. The third-order valence-corrected chi connectivity index (χ3v) is 3.13. The molecule has 1 unspecified atom stereocenters. The molecule has 0 aromatic carbocycles.